The molecule has 1 atom stereocenters. The quantitative estimate of drug-likeness (QED) is 0.888. The first kappa shape index (κ1) is 15.7. The normalized spacial score (nSPS) is 14.6. The number of fused-ring (bicyclic) bond motifs is 1. The van der Waals surface area contributed by atoms with Gasteiger partial charge in [-0.1, -0.05) is 18.2 Å². The fraction of sp³-hybridized carbons (Fsp3) is 0.444. The fourth-order valence-electron chi connectivity index (χ4n) is 3.05. The van der Waals surface area contributed by atoms with Crippen molar-refractivity contribution >= 4 is 5.91 Å². The standard InChI is InChI=1S/C18H24N4O/c1-12-7-4-5-9-15(12)22-16-10-6-8-14(16)17(21-22)18(23)20-11-13(2)19-3/h4-5,7,9,13,19H,6,8,10-11H2,1-3H3,(H,20,23). The molecule has 2 aromatic rings. The predicted molar refractivity (Wildman–Crippen MR) is 91.2 cm³/mol. The Hall–Kier alpha value is -2.14. The van der Waals surface area contributed by atoms with Crippen LogP contribution in [0.1, 0.15) is 40.7 Å². The van der Waals surface area contributed by atoms with E-state index < -0.39 is 0 Å². The number of amides is 1. The number of nitrogens with one attached hydrogen (secondary N) is 2. The monoisotopic (exact) mass is 312 g/mol. The maximum atomic E-state index is 12.5. The van der Waals surface area contributed by atoms with E-state index in [9.17, 15) is 4.79 Å². The molecule has 1 heterocycles. The van der Waals surface area contributed by atoms with Gasteiger partial charge in [-0.05, 0) is 51.8 Å². The highest BCUT2D eigenvalue weighted by atomic mass is 16.2. The van der Waals surface area contributed by atoms with Gasteiger partial charge in [0.2, 0.25) is 0 Å². The second-order valence-electron chi connectivity index (χ2n) is 6.23. The van der Waals surface area contributed by atoms with E-state index >= 15 is 0 Å². The largest absolute Gasteiger partial charge is 0.349 e. The minimum atomic E-state index is -0.0717. The lowest BCUT2D eigenvalue weighted by atomic mass is 10.1. The van der Waals surface area contributed by atoms with Crippen LogP contribution in [0.25, 0.3) is 5.69 Å². The number of carbonyl (C=O) groups is 1. The van der Waals surface area contributed by atoms with Crippen LogP contribution >= 0.6 is 0 Å². The summed E-state index contributed by atoms with van der Waals surface area (Å²) in [6.07, 6.45) is 3.01. The molecule has 1 aliphatic rings. The number of benzene rings is 1. The molecule has 1 aromatic carbocycles. The Morgan fingerprint density at radius 2 is 2.13 bits per heavy atom. The number of aryl methyl sites for hydroxylation is 1. The summed E-state index contributed by atoms with van der Waals surface area (Å²) in [5, 5.41) is 10.8. The minimum Gasteiger partial charge on any atom is -0.349 e. The summed E-state index contributed by atoms with van der Waals surface area (Å²) in [6, 6.07) is 8.42. The maximum absolute atomic E-state index is 12.5. The number of nitrogens with zero attached hydrogens (tertiary/aromatic N) is 2. The van der Waals surface area contributed by atoms with Gasteiger partial charge in [-0.15, -0.1) is 0 Å². The molecule has 1 amide bonds. The number of rotatable bonds is 5. The molecule has 0 fully saturated rings. The van der Waals surface area contributed by atoms with Crippen LogP contribution < -0.4 is 10.6 Å². The minimum absolute atomic E-state index is 0.0717. The first-order valence-electron chi connectivity index (χ1n) is 8.24. The highest BCUT2D eigenvalue weighted by Gasteiger charge is 2.27. The summed E-state index contributed by atoms with van der Waals surface area (Å²) in [7, 11) is 1.89. The SMILES string of the molecule is CNC(C)CNC(=O)c1nn(-c2ccccc2C)c2c1CCC2. The molecule has 5 nitrogen and oxygen atoms in total. The smallest absolute Gasteiger partial charge is 0.272 e. The van der Waals surface area contributed by atoms with Crippen LogP contribution in [0.4, 0.5) is 0 Å². The lowest BCUT2D eigenvalue weighted by molar-refractivity contribution is 0.0944. The van der Waals surface area contributed by atoms with Crippen LogP contribution in [-0.2, 0) is 12.8 Å². The van der Waals surface area contributed by atoms with E-state index in [1.165, 1.54) is 11.3 Å². The van der Waals surface area contributed by atoms with Crippen LogP contribution in [0.2, 0.25) is 0 Å². The van der Waals surface area contributed by atoms with Crippen molar-refractivity contribution < 1.29 is 4.79 Å². The molecule has 1 aromatic heterocycles. The van der Waals surface area contributed by atoms with E-state index in [-0.39, 0.29) is 11.9 Å². The van der Waals surface area contributed by atoms with Crippen molar-refractivity contribution in [3.8, 4) is 5.69 Å². The summed E-state index contributed by atoms with van der Waals surface area (Å²) in [6.45, 7) is 4.71. The van der Waals surface area contributed by atoms with E-state index in [4.69, 9.17) is 0 Å². The third-order valence-electron chi connectivity index (χ3n) is 4.55. The summed E-state index contributed by atoms with van der Waals surface area (Å²) in [5.41, 5.74) is 5.12. The molecule has 122 valence electrons. The van der Waals surface area contributed by atoms with Gasteiger partial charge in [0.15, 0.2) is 5.69 Å². The third-order valence-corrected chi connectivity index (χ3v) is 4.55. The van der Waals surface area contributed by atoms with Gasteiger partial charge in [0.05, 0.1) is 5.69 Å². The molecule has 1 aliphatic carbocycles. The van der Waals surface area contributed by atoms with E-state index in [1.807, 2.05) is 30.8 Å². The van der Waals surface area contributed by atoms with Gasteiger partial charge in [-0.3, -0.25) is 4.79 Å². The number of likely N-dealkylation sites (N-methyl/N-ethyl adjacent to an activating group) is 1. The summed E-state index contributed by atoms with van der Waals surface area (Å²) in [5.74, 6) is -0.0717. The van der Waals surface area contributed by atoms with Crippen molar-refractivity contribution in [2.45, 2.75) is 39.2 Å². The van der Waals surface area contributed by atoms with Gasteiger partial charge in [0.1, 0.15) is 0 Å². The topological polar surface area (TPSA) is 58.9 Å². The van der Waals surface area contributed by atoms with E-state index in [0.29, 0.717) is 12.2 Å². The van der Waals surface area contributed by atoms with E-state index in [2.05, 4.69) is 34.8 Å². The van der Waals surface area contributed by atoms with Crippen molar-refractivity contribution in [1.82, 2.24) is 20.4 Å². The van der Waals surface area contributed by atoms with Crippen LogP contribution in [0, 0.1) is 6.92 Å². The molecule has 0 aliphatic heterocycles. The Morgan fingerprint density at radius 1 is 1.35 bits per heavy atom. The van der Waals surface area contributed by atoms with Gasteiger partial charge in [-0.25, -0.2) is 4.68 Å². The third kappa shape index (κ3) is 3.01. The van der Waals surface area contributed by atoms with Gasteiger partial charge < -0.3 is 10.6 Å². The first-order chi connectivity index (χ1) is 11.1. The molecule has 0 saturated heterocycles. The predicted octanol–water partition coefficient (Wildman–Crippen LogP) is 2.01. The summed E-state index contributed by atoms with van der Waals surface area (Å²) >= 11 is 0. The van der Waals surface area contributed by atoms with E-state index in [0.717, 1.165) is 30.5 Å². The highest BCUT2D eigenvalue weighted by molar-refractivity contribution is 5.94. The first-order valence-corrected chi connectivity index (χ1v) is 8.24. The van der Waals surface area contributed by atoms with Gasteiger partial charge in [-0.2, -0.15) is 5.10 Å². The lowest BCUT2D eigenvalue weighted by Crippen LogP contribution is -2.37. The van der Waals surface area contributed by atoms with Crippen LogP contribution in [0.15, 0.2) is 24.3 Å². The molecule has 1 unspecified atom stereocenters. The Balaban J connectivity index is 1.93. The molecule has 0 bridgehead atoms. The zero-order chi connectivity index (χ0) is 16.4. The summed E-state index contributed by atoms with van der Waals surface area (Å²) in [4.78, 5) is 12.5. The zero-order valence-corrected chi connectivity index (χ0v) is 14.0. The molecule has 3 rings (SSSR count). The molecular formula is C18H24N4O. The Labute approximate surface area is 137 Å². The second-order valence-corrected chi connectivity index (χ2v) is 6.23. The molecular weight excluding hydrogens is 288 g/mol. The number of hydrogen-bond acceptors (Lipinski definition) is 3. The average molecular weight is 312 g/mol. The Kier molecular flexibility index (Phi) is 4.48. The Morgan fingerprint density at radius 3 is 2.87 bits per heavy atom. The molecule has 23 heavy (non-hydrogen) atoms. The van der Waals surface area contributed by atoms with Gasteiger partial charge in [0, 0.05) is 23.8 Å². The number of para-hydroxylation sites is 1. The van der Waals surface area contributed by atoms with Crippen LogP contribution in [-0.4, -0.2) is 35.3 Å². The molecule has 2 N–H and O–H groups in total. The van der Waals surface area contributed by atoms with Crippen LogP contribution in [0.3, 0.4) is 0 Å². The number of carbonyl (C=O) groups excluding carboxylic acids is 1. The fourth-order valence-corrected chi connectivity index (χ4v) is 3.05. The van der Waals surface area contributed by atoms with Crippen molar-refractivity contribution in [1.29, 1.82) is 0 Å². The average Bonchev–Trinajstić information content (AvgIpc) is 3.15. The van der Waals surface area contributed by atoms with Gasteiger partial charge in [0.25, 0.3) is 5.91 Å². The number of aromatic nitrogens is 2. The molecule has 0 radical (unpaired) electrons. The zero-order valence-electron chi connectivity index (χ0n) is 14.0. The summed E-state index contributed by atoms with van der Waals surface area (Å²) < 4.78 is 1.97. The van der Waals surface area contributed by atoms with Crippen molar-refractivity contribution in [3.63, 3.8) is 0 Å². The van der Waals surface area contributed by atoms with Crippen LogP contribution in [0.5, 0.6) is 0 Å². The lowest BCUT2D eigenvalue weighted by Gasteiger charge is -2.11. The van der Waals surface area contributed by atoms with Crippen molar-refractivity contribution in [3.05, 3.63) is 46.8 Å². The molecule has 0 spiro atoms. The molecule has 0 saturated carbocycles. The number of hydrogen-bond donors (Lipinski definition) is 2. The van der Waals surface area contributed by atoms with Crippen molar-refractivity contribution in [2.75, 3.05) is 13.6 Å². The van der Waals surface area contributed by atoms with Crippen molar-refractivity contribution in [2.24, 2.45) is 0 Å². The second kappa shape index (κ2) is 6.54. The maximum Gasteiger partial charge on any atom is 0.272 e. The van der Waals surface area contributed by atoms with Gasteiger partial charge >= 0.3 is 0 Å². The Bertz CT molecular complexity index is 720. The van der Waals surface area contributed by atoms with E-state index in [1.54, 1.807) is 0 Å². The highest BCUT2D eigenvalue weighted by Crippen LogP contribution is 2.28. The molecule has 5 heteroatoms.